The maximum Gasteiger partial charge on any atom is 0.338 e. The fourth-order valence-electron chi connectivity index (χ4n) is 13.8. The van der Waals surface area contributed by atoms with Gasteiger partial charge in [-0.2, -0.15) is 0 Å². The Bertz CT molecular complexity index is 1590. The zero-order valence-electron chi connectivity index (χ0n) is 32.6. The number of hydrogen-bond donors (Lipinski definition) is 0. The molecule has 4 heteroatoms. The number of aryl methyl sites for hydroxylation is 2. The topological polar surface area (TPSA) is 52.6 Å². The van der Waals surface area contributed by atoms with Crippen LogP contribution in [0.1, 0.15) is 145 Å². The van der Waals surface area contributed by atoms with Gasteiger partial charge in [0.2, 0.25) is 0 Å². The molecule has 7 rings (SSSR count). The van der Waals surface area contributed by atoms with Gasteiger partial charge >= 0.3 is 11.9 Å². The Morgan fingerprint density at radius 1 is 0.680 bits per heavy atom. The van der Waals surface area contributed by atoms with E-state index in [1.807, 2.05) is 48.5 Å². The molecule has 10 atom stereocenters. The predicted molar refractivity (Wildman–Crippen MR) is 201 cm³/mol. The minimum atomic E-state index is -0.174. The molecule has 0 aliphatic heterocycles. The number of esters is 2. The average molecular weight is 681 g/mol. The molecule has 5 aliphatic carbocycles. The van der Waals surface area contributed by atoms with Crippen LogP contribution in [0.15, 0.2) is 48.5 Å². The van der Waals surface area contributed by atoms with Gasteiger partial charge in [-0.05, 0) is 154 Å². The maximum atomic E-state index is 13.3. The van der Waals surface area contributed by atoms with Gasteiger partial charge in [0.15, 0.2) is 0 Å². The fraction of sp³-hybridized carbons (Fsp3) is 0.696. The van der Waals surface area contributed by atoms with Crippen molar-refractivity contribution in [3.8, 4) is 0 Å². The van der Waals surface area contributed by atoms with Gasteiger partial charge < -0.3 is 9.47 Å². The quantitative estimate of drug-likeness (QED) is 0.285. The molecule has 0 spiro atoms. The minimum Gasteiger partial charge on any atom is -0.461 e. The molecule has 5 saturated carbocycles. The lowest BCUT2D eigenvalue weighted by molar-refractivity contribution is -0.250. The van der Waals surface area contributed by atoms with E-state index < -0.39 is 0 Å². The van der Waals surface area contributed by atoms with E-state index in [0.717, 1.165) is 24.0 Å². The fourth-order valence-corrected chi connectivity index (χ4v) is 13.8. The highest BCUT2D eigenvalue weighted by Gasteiger charge is 2.71. The normalized spacial score (nSPS) is 40.2. The Kier molecular flexibility index (Phi) is 8.95. The average Bonchev–Trinajstić information content (AvgIpc) is 3.46. The monoisotopic (exact) mass is 680 g/mol. The zero-order chi connectivity index (χ0) is 35.9. The molecule has 0 bridgehead atoms. The summed E-state index contributed by atoms with van der Waals surface area (Å²) in [5.74, 6) is 3.42. The summed E-state index contributed by atoms with van der Waals surface area (Å²) in [5, 5.41) is 0. The minimum absolute atomic E-state index is 0.0612. The van der Waals surface area contributed by atoms with Crippen LogP contribution in [-0.2, 0) is 9.47 Å². The first-order valence-corrected chi connectivity index (χ1v) is 20.1. The van der Waals surface area contributed by atoms with E-state index in [9.17, 15) is 9.59 Å². The Hall–Kier alpha value is -2.62. The van der Waals surface area contributed by atoms with Crippen molar-refractivity contribution in [1.29, 1.82) is 0 Å². The number of carbonyl (C=O) groups excluding carboxylic acids is 2. The van der Waals surface area contributed by atoms with Crippen molar-refractivity contribution in [2.75, 3.05) is 6.61 Å². The van der Waals surface area contributed by atoms with Gasteiger partial charge in [-0.15, -0.1) is 0 Å². The zero-order valence-corrected chi connectivity index (χ0v) is 32.6. The van der Waals surface area contributed by atoms with E-state index in [1.54, 1.807) is 0 Å². The number of ether oxygens (including phenoxy) is 2. The van der Waals surface area contributed by atoms with Crippen LogP contribution in [0.5, 0.6) is 0 Å². The van der Waals surface area contributed by atoms with E-state index in [-0.39, 0.29) is 45.1 Å². The van der Waals surface area contributed by atoms with Crippen LogP contribution in [0.25, 0.3) is 0 Å². The van der Waals surface area contributed by atoms with Crippen LogP contribution < -0.4 is 0 Å². The van der Waals surface area contributed by atoms with Gasteiger partial charge in [-0.25, -0.2) is 9.59 Å². The lowest BCUT2D eigenvalue weighted by atomic mass is 9.32. The molecule has 0 amide bonds. The first-order chi connectivity index (χ1) is 23.6. The smallest absolute Gasteiger partial charge is 0.338 e. The number of carbonyl (C=O) groups is 2. The third kappa shape index (κ3) is 5.42. The van der Waals surface area contributed by atoms with Crippen LogP contribution in [-0.4, -0.2) is 24.6 Å². The third-order valence-corrected chi connectivity index (χ3v) is 16.8. The first-order valence-electron chi connectivity index (χ1n) is 20.1. The highest BCUT2D eigenvalue weighted by Crippen LogP contribution is 2.77. The lowest BCUT2D eigenvalue weighted by Gasteiger charge is -2.73. The number of rotatable bonds is 6. The van der Waals surface area contributed by atoms with Crippen LogP contribution >= 0.6 is 0 Å². The van der Waals surface area contributed by atoms with Crippen molar-refractivity contribution < 1.29 is 19.1 Å². The standard InChI is InChI=1S/C46H64O4/c1-29(2)34-20-25-46(28-49-40(47)32-14-10-30(3)11-15-32)27-26-44(8)35(39(34)46)18-19-37-43(7)23-22-38(42(5,6)36(43)21-24-45(37,44)9)50-41(48)33-16-12-31(4)13-17-33/h10-17,29,34-39H,18-28H2,1-9H3/t34?,35-,36?,37?,38+,39-,43+,44-,45-,46-/m1/s1. The molecule has 5 aliphatic rings. The van der Waals surface area contributed by atoms with Crippen molar-refractivity contribution in [1.82, 2.24) is 0 Å². The summed E-state index contributed by atoms with van der Waals surface area (Å²) in [6.07, 6.45) is 11.9. The van der Waals surface area contributed by atoms with Crippen LogP contribution in [0.3, 0.4) is 0 Å². The molecule has 0 aromatic heterocycles. The Morgan fingerprint density at radius 3 is 1.92 bits per heavy atom. The molecule has 0 N–H and O–H groups in total. The molecule has 2 aromatic carbocycles. The second-order valence-corrected chi connectivity index (χ2v) is 19.6. The molecule has 0 radical (unpaired) electrons. The summed E-state index contributed by atoms with van der Waals surface area (Å²) < 4.78 is 12.7. The summed E-state index contributed by atoms with van der Waals surface area (Å²) in [6, 6.07) is 15.7. The van der Waals surface area contributed by atoms with Crippen LogP contribution in [0, 0.1) is 76.4 Å². The molecule has 0 saturated heterocycles. The predicted octanol–water partition coefficient (Wildman–Crippen LogP) is 11.4. The Balaban J connectivity index is 1.13. The summed E-state index contributed by atoms with van der Waals surface area (Å²) in [7, 11) is 0. The van der Waals surface area contributed by atoms with Gasteiger partial charge in [0.25, 0.3) is 0 Å². The number of hydrogen-bond acceptors (Lipinski definition) is 4. The van der Waals surface area contributed by atoms with Gasteiger partial charge in [0.05, 0.1) is 17.7 Å². The van der Waals surface area contributed by atoms with Crippen molar-refractivity contribution in [2.24, 2.45) is 62.6 Å². The summed E-state index contributed by atoms with van der Waals surface area (Å²) in [5.41, 5.74) is 4.40. The molecule has 272 valence electrons. The van der Waals surface area contributed by atoms with Gasteiger partial charge in [-0.3, -0.25) is 0 Å². The van der Waals surface area contributed by atoms with Gasteiger partial charge in [-0.1, -0.05) is 83.9 Å². The maximum absolute atomic E-state index is 13.3. The molecule has 2 aromatic rings. The van der Waals surface area contributed by atoms with Crippen LogP contribution in [0.2, 0.25) is 0 Å². The number of fused-ring (bicyclic) bond motifs is 7. The first kappa shape index (κ1) is 35.8. The summed E-state index contributed by atoms with van der Waals surface area (Å²) >= 11 is 0. The van der Waals surface area contributed by atoms with Gasteiger partial charge in [0.1, 0.15) is 6.10 Å². The van der Waals surface area contributed by atoms with E-state index >= 15 is 0 Å². The molecular weight excluding hydrogens is 617 g/mol. The Labute approximate surface area is 302 Å². The SMILES string of the molecule is Cc1ccc(C(=O)OC[C@]23CCC(C(C)C)[C@@H]2[C@H]2CCC4[C@@]5(C)CC[C@H](OC(=O)c6ccc(C)cc6)C(C)(C)C5CC[C@@]4(C)[C@]2(C)CC3)cc1. The molecule has 50 heavy (non-hydrogen) atoms. The van der Waals surface area contributed by atoms with E-state index in [0.29, 0.717) is 53.2 Å². The number of benzene rings is 2. The molecule has 0 heterocycles. The van der Waals surface area contributed by atoms with E-state index in [4.69, 9.17) is 9.47 Å². The lowest BCUT2D eigenvalue weighted by Crippen LogP contribution is -2.67. The summed E-state index contributed by atoms with van der Waals surface area (Å²) in [4.78, 5) is 26.7. The molecule has 4 nitrogen and oxygen atoms in total. The Morgan fingerprint density at radius 2 is 1.30 bits per heavy atom. The van der Waals surface area contributed by atoms with Crippen molar-refractivity contribution >= 4 is 11.9 Å². The highest BCUT2D eigenvalue weighted by atomic mass is 16.5. The molecule has 3 unspecified atom stereocenters. The van der Waals surface area contributed by atoms with Gasteiger partial charge in [0, 0.05) is 10.8 Å². The molecule has 5 fully saturated rings. The van der Waals surface area contributed by atoms with Crippen molar-refractivity contribution in [3.63, 3.8) is 0 Å². The summed E-state index contributed by atoms with van der Waals surface area (Å²) in [6.45, 7) is 22.4. The van der Waals surface area contributed by atoms with Crippen molar-refractivity contribution in [3.05, 3.63) is 70.8 Å². The largest absolute Gasteiger partial charge is 0.461 e. The second kappa shape index (κ2) is 12.5. The highest BCUT2D eigenvalue weighted by molar-refractivity contribution is 5.90. The van der Waals surface area contributed by atoms with E-state index in [2.05, 4.69) is 62.3 Å². The second-order valence-electron chi connectivity index (χ2n) is 19.6. The third-order valence-electron chi connectivity index (χ3n) is 16.8. The van der Waals surface area contributed by atoms with Crippen LogP contribution in [0.4, 0.5) is 0 Å². The molecular formula is C46H64O4. The van der Waals surface area contributed by atoms with Crippen molar-refractivity contribution in [2.45, 2.75) is 133 Å². The van der Waals surface area contributed by atoms with E-state index in [1.165, 1.54) is 51.4 Å².